The van der Waals surface area contributed by atoms with Crippen molar-refractivity contribution in [2.75, 3.05) is 0 Å². The van der Waals surface area contributed by atoms with Gasteiger partial charge in [0.1, 0.15) is 0 Å². The normalized spacial score (nSPS) is 10.4. The summed E-state index contributed by atoms with van der Waals surface area (Å²) in [5, 5.41) is 16.2. The number of pyridine rings is 1. The van der Waals surface area contributed by atoms with Gasteiger partial charge in [-0.3, -0.25) is 9.78 Å². The lowest BCUT2D eigenvalue weighted by molar-refractivity contribution is -0.137. The fraction of sp³-hybridized carbons (Fsp3) is 0.273. The highest BCUT2D eigenvalue weighted by Crippen LogP contribution is 2.18. The van der Waals surface area contributed by atoms with Gasteiger partial charge in [0.2, 0.25) is 11.8 Å². The Bertz CT molecular complexity index is 536. The van der Waals surface area contributed by atoms with Gasteiger partial charge in [0.15, 0.2) is 0 Å². The standard InChI is InChI=1S/C11H11N3O3/c1-7-6-8(4-5-12-7)11-14-13-9(17-11)2-3-10(15)16/h4-6H,2-3H2,1H3,(H,15,16). The molecule has 0 spiro atoms. The largest absolute Gasteiger partial charge is 0.481 e. The minimum Gasteiger partial charge on any atom is -0.481 e. The quantitative estimate of drug-likeness (QED) is 0.859. The summed E-state index contributed by atoms with van der Waals surface area (Å²) in [6.07, 6.45) is 1.88. The molecule has 0 aliphatic carbocycles. The molecule has 0 aliphatic heterocycles. The van der Waals surface area contributed by atoms with Crippen molar-refractivity contribution in [1.29, 1.82) is 0 Å². The summed E-state index contributed by atoms with van der Waals surface area (Å²) < 4.78 is 5.36. The molecule has 0 saturated carbocycles. The van der Waals surface area contributed by atoms with Gasteiger partial charge in [-0.2, -0.15) is 0 Å². The average Bonchev–Trinajstić information content (AvgIpc) is 2.75. The number of aliphatic carboxylic acids is 1. The van der Waals surface area contributed by atoms with Crippen LogP contribution in [0.2, 0.25) is 0 Å². The number of carboxylic acid groups (broad SMARTS) is 1. The molecule has 2 heterocycles. The Kier molecular flexibility index (Phi) is 3.13. The molecule has 2 aromatic heterocycles. The van der Waals surface area contributed by atoms with E-state index in [1.807, 2.05) is 13.0 Å². The SMILES string of the molecule is Cc1cc(-c2nnc(CCC(=O)O)o2)ccn1. The molecule has 0 aliphatic rings. The molecule has 0 atom stereocenters. The maximum absolute atomic E-state index is 10.4. The first-order chi connectivity index (χ1) is 8.15. The predicted octanol–water partition coefficient (Wildman–Crippen LogP) is 1.46. The third kappa shape index (κ3) is 2.87. The van der Waals surface area contributed by atoms with Crippen molar-refractivity contribution in [2.45, 2.75) is 19.8 Å². The Morgan fingerprint density at radius 3 is 3.00 bits per heavy atom. The molecule has 0 unspecified atom stereocenters. The number of hydrogen-bond acceptors (Lipinski definition) is 5. The van der Waals surface area contributed by atoms with Gasteiger partial charge in [0.25, 0.3) is 0 Å². The van der Waals surface area contributed by atoms with Crippen LogP contribution < -0.4 is 0 Å². The smallest absolute Gasteiger partial charge is 0.303 e. The molecule has 2 rings (SSSR count). The van der Waals surface area contributed by atoms with Crippen molar-refractivity contribution in [3.05, 3.63) is 29.9 Å². The van der Waals surface area contributed by atoms with Crippen LogP contribution in [0.3, 0.4) is 0 Å². The molecule has 0 fully saturated rings. The molecule has 0 amide bonds. The predicted molar refractivity (Wildman–Crippen MR) is 58.2 cm³/mol. The van der Waals surface area contributed by atoms with E-state index in [0.29, 0.717) is 11.8 Å². The molecule has 0 radical (unpaired) electrons. The Balaban J connectivity index is 2.15. The molecule has 0 saturated heterocycles. The second-order valence-corrected chi connectivity index (χ2v) is 3.58. The van der Waals surface area contributed by atoms with E-state index >= 15 is 0 Å². The number of aryl methyl sites for hydroxylation is 2. The summed E-state index contributed by atoms with van der Waals surface area (Å²) in [7, 11) is 0. The molecule has 88 valence electrons. The number of carbonyl (C=O) groups is 1. The van der Waals surface area contributed by atoms with Crippen molar-refractivity contribution >= 4 is 5.97 Å². The summed E-state index contributed by atoms with van der Waals surface area (Å²) in [6, 6.07) is 3.59. The van der Waals surface area contributed by atoms with Gasteiger partial charge in [-0.1, -0.05) is 0 Å². The van der Waals surface area contributed by atoms with Crippen LogP contribution in [0.4, 0.5) is 0 Å². The van der Waals surface area contributed by atoms with Gasteiger partial charge in [-0.15, -0.1) is 10.2 Å². The highest BCUT2D eigenvalue weighted by Gasteiger charge is 2.10. The Morgan fingerprint density at radius 2 is 2.29 bits per heavy atom. The number of hydrogen-bond donors (Lipinski definition) is 1. The van der Waals surface area contributed by atoms with Gasteiger partial charge in [-0.05, 0) is 19.1 Å². The van der Waals surface area contributed by atoms with Crippen molar-refractivity contribution in [3.63, 3.8) is 0 Å². The zero-order chi connectivity index (χ0) is 12.3. The van der Waals surface area contributed by atoms with Crippen LogP contribution in [0.15, 0.2) is 22.7 Å². The van der Waals surface area contributed by atoms with E-state index in [9.17, 15) is 4.79 Å². The summed E-state index contributed by atoms with van der Waals surface area (Å²) in [6.45, 7) is 1.87. The van der Waals surface area contributed by atoms with E-state index in [-0.39, 0.29) is 12.8 Å². The van der Waals surface area contributed by atoms with Gasteiger partial charge < -0.3 is 9.52 Å². The molecular weight excluding hydrogens is 222 g/mol. The maximum Gasteiger partial charge on any atom is 0.303 e. The molecule has 17 heavy (non-hydrogen) atoms. The second kappa shape index (κ2) is 4.73. The third-order valence-electron chi connectivity index (χ3n) is 2.16. The van der Waals surface area contributed by atoms with E-state index in [2.05, 4.69) is 15.2 Å². The first-order valence-electron chi connectivity index (χ1n) is 5.12. The van der Waals surface area contributed by atoms with E-state index in [0.717, 1.165) is 11.3 Å². The third-order valence-corrected chi connectivity index (χ3v) is 2.16. The van der Waals surface area contributed by atoms with Gasteiger partial charge in [-0.25, -0.2) is 0 Å². The van der Waals surface area contributed by atoms with Gasteiger partial charge in [0, 0.05) is 23.9 Å². The molecule has 0 aromatic carbocycles. The average molecular weight is 233 g/mol. The Morgan fingerprint density at radius 1 is 1.47 bits per heavy atom. The van der Waals surface area contributed by atoms with Crippen molar-refractivity contribution in [3.8, 4) is 11.5 Å². The highest BCUT2D eigenvalue weighted by atomic mass is 16.4. The number of nitrogens with zero attached hydrogens (tertiary/aromatic N) is 3. The lowest BCUT2D eigenvalue weighted by Gasteiger charge is -1.95. The zero-order valence-electron chi connectivity index (χ0n) is 9.25. The number of carboxylic acids is 1. The van der Waals surface area contributed by atoms with Crippen LogP contribution in [0.5, 0.6) is 0 Å². The summed E-state index contributed by atoms with van der Waals surface area (Å²) in [5.74, 6) is -0.169. The molecular formula is C11H11N3O3. The second-order valence-electron chi connectivity index (χ2n) is 3.58. The van der Waals surface area contributed by atoms with Crippen LogP contribution in [-0.4, -0.2) is 26.3 Å². The Hall–Kier alpha value is -2.24. The van der Waals surface area contributed by atoms with Crippen molar-refractivity contribution in [2.24, 2.45) is 0 Å². The molecule has 6 heteroatoms. The van der Waals surface area contributed by atoms with Gasteiger partial charge in [0.05, 0.1) is 6.42 Å². The fourth-order valence-corrected chi connectivity index (χ4v) is 1.36. The van der Waals surface area contributed by atoms with Crippen LogP contribution in [-0.2, 0) is 11.2 Å². The maximum atomic E-state index is 10.4. The van der Waals surface area contributed by atoms with E-state index in [4.69, 9.17) is 9.52 Å². The minimum absolute atomic E-state index is 0.0169. The Labute approximate surface area is 97.3 Å². The van der Waals surface area contributed by atoms with Crippen LogP contribution in [0, 0.1) is 6.92 Å². The van der Waals surface area contributed by atoms with Crippen LogP contribution in [0.1, 0.15) is 18.0 Å². The zero-order valence-corrected chi connectivity index (χ0v) is 9.25. The lowest BCUT2D eigenvalue weighted by atomic mass is 10.2. The lowest BCUT2D eigenvalue weighted by Crippen LogP contribution is -1.97. The first kappa shape index (κ1) is 11.3. The first-order valence-corrected chi connectivity index (χ1v) is 5.12. The van der Waals surface area contributed by atoms with Crippen molar-refractivity contribution in [1.82, 2.24) is 15.2 Å². The van der Waals surface area contributed by atoms with Crippen LogP contribution >= 0.6 is 0 Å². The molecule has 1 N–H and O–H groups in total. The van der Waals surface area contributed by atoms with E-state index in [1.165, 1.54) is 0 Å². The summed E-state index contributed by atoms with van der Waals surface area (Å²) in [4.78, 5) is 14.5. The number of rotatable bonds is 4. The van der Waals surface area contributed by atoms with E-state index in [1.54, 1.807) is 12.3 Å². The van der Waals surface area contributed by atoms with E-state index < -0.39 is 5.97 Å². The van der Waals surface area contributed by atoms with Crippen LogP contribution in [0.25, 0.3) is 11.5 Å². The topological polar surface area (TPSA) is 89.1 Å². The monoisotopic (exact) mass is 233 g/mol. The summed E-state index contributed by atoms with van der Waals surface area (Å²) in [5.41, 5.74) is 1.64. The molecule has 0 bridgehead atoms. The van der Waals surface area contributed by atoms with Gasteiger partial charge >= 0.3 is 5.97 Å². The minimum atomic E-state index is -0.885. The number of aromatic nitrogens is 3. The fourth-order valence-electron chi connectivity index (χ4n) is 1.36. The highest BCUT2D eigenvalue weighted by molar-refractivity contribution is 5.66. The summed E-state index contributed by atoms with van der Waals surface area (Å²) >= 11 is 0. The van der Waals surface area contributed by atoms with Crippen molar-refractivity contribution < 1.29 is 14.3 Å². The molecule has 6 nitrogen and oxygen atoms in total. The molecule has 2 aromatic rings.